The van der Waals surface area contributed by atoms with E-state index in [1.807, 2.05) is 41.6 Å². The van der Waals surface area contributed by atoms with Crippen molar-refractivity contribution in [1.29, 1.82) is 0 Å². The lowest BCUT2D eigenvalue weighted by Gasteiger charge is -2.22. The van der Waals surface area contributed by atoms with Gasteiger partial charge in [-0.05, 0) is 23.3 Å². The molecule has 1 aromatic carbocycles. The van der Waals surface area contributed by atoms with E-state index < -0.39 is 0 Å². The summed E-state index contributed by atoms with van der Waals surface area (Å²) in [5.74, 6) is 0. The molecule has 26 heavy (non-hydrogen) atoms. The van der Waals surface area contributed by atoms with E-state index in [9.17, 15) is 0 Å². The molecule has 0 aliphatic heterocycles. The van der Waals surface area contributed by atoms with Crippen molar-refractivity contribution in [3.8, 4) is 0 Å². The lowest BCUT2D eigenvalue weighted by atomic mass is 10.1. The monoisotopic (exact) mass is 399 g/mol. The quantitative estimate of drug-likeness (QED) is 0.440. The number of aliphatic hydroxyl groups excluding tert-OH is 2. The van der Waals surface area contributed by atoms with Gasteiger partial charge in [0, 0.05) is 30.9 Å². The molecule has 4 N–H and O–H groups in total. The van der Waals surface area contributed by atoms with Gasteiger partial charge in [0.15, 0.2) is 18.9 Å². The van der Waals surface area contributed by atoms with Crippen molar-refractivity contribution in [2.75, 3.05) is 37.7 Å². The molecule has 0 amide bonds. The van der Waals surface area contributed by atoms with Crippen molar-refractivity contribution in [1.82, 2.24) is 0 Å². The number of hydrogen-bond acceptors (Lipinski definition) is 4. The molecule has 2 aromatic rings. The molecule has 0 fully saturated rings. The molecule has 0 saturated heterocycles. The zero-order valence-electron chi connectivity index (χ0n) is 14.7. The van der Waals surface area contributed by atoms with Crippen LogP contribution in [-0.2, 0) is 6.54 Å². The van der Waals surface area contributed by atoms with Crippen LogP contribution in [0.1, 0.15) is 11.1 Å². The van der Waals surface area contributed by atoms with Crippen LogP contribution in [0.25, 0.3) is 12.2 Å². The van der Waals surface area contributed by atoms with Crippen molar-refractivity contribution in [2.24, 2.45) is 5.73 Å². The standard InChI is InChI=1S/C19H26N3O2.2ClH/c20-9-12-21-10-7-18(8-11-21)2-1-17-3-5-19(6-4-17)22(13-15-23)14-16-24;;/h1-8,10-11,23-24H,9,12-16,20H2;2*1H/q+1;;/p-1. The second-order valence-electron chi connectivity index (χ2n) is 5.52. The highest BCUT2D eigenvalue weighted by Gasteiger charge is 2.04. The highest BCUT2D eigenvalue weighted by atomic mass is 35.5. The Kier molecular flexibility index (Phi) is 12.7. The van der Waals surface area contributed by atoms with Gasteiger partial charge in [-0.3, -0.25) is 0 Å². The van der Waals surface area contributed by atoms with E-state index >= 15 is 0 Å². The number of hydrogen-bond donors (Lipinski definition) is 3. The van der Waals surface area contributed by atoms with Gasteiger partial charge in [-0.1, -0.05) is 24.3 Å². The fourth-order valence-electron chi connectivity index (χ4n) is 2.48. The lowest BCUT2D eigenvalue weighted by molar-refractivity contribution is -0.694. The highest BCUT2D eigenvalue weighted by Crippen LogP contribution is 2.16. The van der Waals surface area contributed by atoms with E-state index in [1.54, 1.807) is 0 Å². The molecule has 2 rings (SSSR count). The first kappa shape index (κ1) is 24.4. The molecule has 0 aliphatic carbocycles. The number of aromatic nitrogens is 1. The van der Waals surface area contributed by atoms with Gasteiger partial charge in [0.2, 0.25) is 0 Å². The Labute approximate surface area is 167 Å². The Morgan fingerprint density at radius 3 is 1.85 bits per heavy atom. The van der Waals surface area contributed by atoms with Crippen molar-refractivity contribution in [2.45, 2.75) is 6.54 Å². The maximum atomic E-state index is 9.10. The van der Waals surface area contributed by atoms with Crippen LogP contribution in [0.5, 0.6) is 0 Å². The Morgan fingerprint density at radius 2 is 1.38 bits per heavy atom. The van der Waals surface area contributed by atoms with E-state index in [2.05, 4.69) is 28.9 Å². The molecule has 0 bridgehead atoms. The minimum absolute atomic E-state index is 0. The van der Waals surface area contributed by atoms with Crippen molar-refractivity contribution in [3.05, 3.63) is 59.9 Å². The minimum atomic E-state index is 0. The third kappa shape index (κ3) is 7.72. The van der Waals surface area contributed by atoms with Crippen LogP contribution in [-0.4, -0.2) is 43.1 Å². The number of pyridine rings is 1. The number of halogens is 2. The summed E-state index contributed by atoms with van der Waals surface area (Å²) in [7, 11) is 0. The number of rotatable bonds is 9. The summed E-state index contributed by atoms with van der Waals surface area (Å²) in [4.78, 5) is 1.96. The smallest absolute Gasteiger partial charge is 0.169 e. The van der Waals surface area contributed by atoms with Gasteiger partial charge < -0.3 is 33.3 Å². The normalized spacial score (nSPS) is 10.3. The molecule has 0 aliphatic rings. The molecule has 0 unspecified atom stereocenters. The Bertz CT molecular complexity index is 628. The van der Waals surface area contributed by atoms with Crippen LogP contribution in [0.2, 0.25) is 0 Å². The summed E-state index contributed by atoms with van der Waals surface area (Å²) in [6.45, 7) is 2.63. The fraction of sp³-hybridized carbons (Fsp3) is 0.316. The van der Waals surface area contributed by atoms with Gasteiger partial charge in [-0.25, -0.2) is 4.57 Å². The van der Waals surface area contributed by atoms with Gasteiger partial charge >= 0.3 is 0 Å². The maximum Gasteiger partial charge on any atom is 0.169 e. The molecule has 0 spiro atoms. The van der Waals surface area contributed by atoms with Gasteiger partial charge in [-0.15, -0.1) is 12.4 Å². The lowest BCUT2D eigenvalue weighted by Crippen LogP contribution is -3.00. The second kappa shape index (κ2) is 13.6. The average molecular weight is 400 g/mol. The molecule has 1 aromatic heterocycles. The minimum Gasteiger partial charge on any atom is -1.00 e. The molecular formula is C19H27Cl2N3O2. The van der Waals surface area contributed by atoms with Crippen LogP contribution in [0.4, 0.5) is 5.69 Å². The second-order valence-corrected chi connectivity index (χ2v) is 5.52. The first-order valence-corrected chi connectivity index (χ1v) is 8.21. The first-order chi connectivity index (χ1) is 11.8. The molecule has 1 heterocycles. The zero-order valence-corrected chi connectivity index (χ0v) is 16.2. The summed E-state index contributed by atoms with van der Waals surface area (Å²) in [6.07, 6.45) is 8.18. The Morgan fingerprint density at radius 1 is 0.885 bits per heavy atom. The predicted octanol–water partition coefficient (Wildman–Crippen LogP) is -1.68. The van der Waals surface area contributed by atoms with Crippen LogP contribution >= 0.6 is 12.4 Å². The van der Waals surface area contributed by atoms with Gasteiger partial charge in [0.1, 0.15) is 0 Å². The number of aliphatic hydroxyl groups is 2. The van der Waals surface area contributed by atoms with Crippen molar-refractivity contribution < 1.29 is 27.2 Å². The number of benzene rings is 1. The van der Waals surface area contributed by atoms with E-state index in [0.717, 1.165) is 23.4 Å². The Hall–Kier alpha value is -1.63. The predicted molar refractivity (Wildman–Crippen MR) is 105 cm³/mol. The summed E-state index contributed by atoms with van der Waals surface area (Å²) in [6, 6.07) is 12.2. The van der Waals surface area contributed by atoms with Crippen LogP contribution < -0.4 is 27.6 Å². The van der Waals surface area contributed by atoms with Crippen LogP contribution in [0, 0.1) is 0 Å². The SMILES string of the molecule is Cl.NCC[n+]1ccc(/C=C/c2ccc(N(CCO)CCO)cc2)cc1.[Cl-]. The summed E-state index contributed by atoms with van der Waals surface area (Å²) >= 11 is 0. The molecule has 144 valence electrons. The molecule has 7 heteroatoms. The Balaban J connectivity index is 0.00000312. The van der Waals surface area contributed by atoms with Crippen LogP contribution in [0.15, 0.2) is 48.8 Å². The molecule has 0 atom stereocenters. The van der Waals surface area contributed by atoms with Crippen molar-refractivity contribution in [3.63, 3.8) is 0 Å². The zero-order chi connectivity index (χ0) is 17.2. The molecule has 0 saturated carbocycles. The average Bonchev–Trinajstić information content (AvgIpc) is 2.62. The van der Waals surface area contributed by atoms with E-state index in [-0.39, 0.29) is 38.0 Å². The van der Waals surface area contributed by atoms with E-state index in [0.29, 0.717) is 19.6 Å². The molecular weight excluding hydrogens is 373 g/mol. The number of nitrogens with zero attached hydrogens (tertiary/aromatic N) is 2. The number of nitrogens with two attached hydrogens (primary N) is 1. The first-order valence-electron chi connectivity index (χ1n) is 8.21. The van der Waals surface area contributed by atoms with Gasteiger partial charge in [0.05, 0.1) is 19.8 Å². The fourth-order valence-corrected chi connectivity index (χ4v) is 2.48. The third-order valence-electron chi connectivity index (χ3n) is 3.77. The van der Waals surface area contributed by atoms with E-state index in [1.165, 1.54) is 0 Å². The highest BCUT2D eigenvalue weighted by molar-refractivity contribution is 5.85. The van der Waals surface area contributed by atoms with Gasteiger partial charge in [-0.2, -0.15) is 0 Å². The summed E-state index contributed by atoms with van der Waals surface area (Å²) in [5.41, 5.74) is 8.77. The third-order valence-corrected chi connectivity index (χ3v) is 3.77. The summed E-state index contributed by atoms with van der Waals surface area (Å²) in [5, 5.41) is 18.2. The summed E-state index contributed by atoms with van der Waals surface area (Å²) < 4.78 is 2.06. The van der Waals surface area contributed by atoms with E-state index in [4.69, 9.17) is 15.9 Å². The largest absolute Gasteiger partial charge is 1.00 e. The topological polar surface area (TPSA) is 73.6 Å². The van der Waals surface area contributed by atoms with Crippen LogP contribution in [0.3, 0.4) is 0 Å². The number of anilines is 1. The molecule has 5 nitrogen and oxygen atoms in total. The van der Waals surface area contributed by atoms with Crippen molar-refractivity contribution >= 4 is 30.2 Å². The maximum absolute atomic E-state index is 9.10. The van der Waals surface area contributed by atoms with Gasteiger partial charge in [0.25, 0.3) is 0 Å². The molecule has 0 radical (unpaired) electrons.